The number of rotatable bonds is 4. The standard InChI is InChI=1S/C12H15FN2O3.ClH/c13-11-7-10(15(16)17)1-2-12(11)18-8-9-3-5-14-6-4-9;/h1-2,7,9,14H,3-6,8H2;1H. The molecule has 1 N–H and O–H groups in total. The van der Waals surface area contributed by atoms with Crippen LogP contribution in [-0.4, -0.2) is 24.6 Å². The van der Waals surface area contributed by atoms with Crippen LogP contribution in [0.2, 0.25) is 0 Å². The average molecular weight is 291 g/mol. The summed E-state index contributed by atoms with van der Waals surface area (Å²) in [5, 5.41) is 13.7. The summed E-state index contributed by atoms with van der Waals surface area (Å²) in [7, 11) is 0. The second kappa shape index (κ2) is 7.25. The van der Waals surface area contributed by atoms with Crippen molar-refractivity contribution < 1.29 is 14.1 Å². The smallest absolute Gasteiger partial charge is 0.272 e. The Morgan fingerprint density at radius 1 is 1.42 bits per heavy atom. The molecule has 0 amide bonds. The van der Waals surface area contributed by atoms with Crippen LogP contribution in [0.5, 0.6) is 5.75 Å². The maximum atomic E-state index is 13.5. The molecule has 19 heavy (non-hydrogen) atoms. The molecule has 1 aliphatic heterocycles. The third-order valence-corrected chi connectivity index (χ3v) is 3.06. The van der Waals surface area contributed by atoms with Crippen molar-refractivity contribution in [1.82, 2.24) is 5.32 Å². The average Bonchev–Trinajstić information content (AvgIpc) is 2.38. The Morgan fingerprint density at radius 3 is 2.68 bits per heavy atom. The number of nitrogens with zero attached hydrogens (tertiary/aromatic N) is 1. The molecule has 0 unspecified atom stereocenters. The lowest BCUT2D eigenvalue weighted by molar-refractivity contribution is -0.385. The number of ether oxygens (including phenoxy) is 1. The highest BCUT2D eigenvalue weighted by atomic mass is 35.5. The molecule has 0 aromatic heterocycles. The number of nitro groups is 1. The van der Waals surface area contributed by atoms with E-state index in [0.29, 0.717) is 12.5 Å². The fourth-order valence-electron chi connectivity index (χ4n) is 1.98. The maximum absolute atomic E-state index is 13.5. The van der Waals surface area contributed by atoms with E-state index >= 15 is 0 Å². The van der Waals surface area contributed by atoms with Crippen LogP contribution in [0.3, 0.4) is 0 Å². The van der Waals surface area contributed by atoms with Gasteiger partial charge in [-0.05, 0) is 37.9 Å². The van der Waals surface area contributed by atoms with E-state index in [1.54, 1.807) is 0 Å². The second-order valence-corrected chi connectivity index (χ2v) is 4.38. The third-order valence-electron chi connectivity index (χ3n) is 3.06. The van der Waals surface area contributed by atoms with E-state index in [2.05, 4.69) is 5.32 Å². The Morgan fingerprint density at radius 2 is 2.11 bits per heavy atom. The van der Waals surface area contributed by atoms with Crippen LogP contribution in [0, 0.1) is 21.8 Å². The van der Waals surface area contributed by atoms with Gasteiger partial charge in [-0.1, -0.05) is 0 Å². The summed E-state index contributed by atoms with van der Waals surface area (Å²) in [5.74, 6) is -0.182. The fraction of sp³-hybridized carbons (Fsp3) is 0.500. The molecule has 1 aromatic carbocycles. The number of nitro benzene ring substituents is 1. The molecule has 1 fully saturated rings. The minimum Gasteiger partial charge on any atom is -0.490 e. The van der Waals surface area contributed by atoms with Gasteiger partial charge < -0.3 is 10.1 Å². The van der Waals surface area contributed by atoms with Crippen molar-refractivity contribution in [3.8, 4) is 5.75 Å². The van der Waals surface area contributed by atoms with E-state index in [0.717, 1.165) is 32.0 Å². The van der Waals surface area contributed by atoms with Crippen molar-refractivity contribution in [2.24, 2.45) is 5.92 Å². The minimum absolute atomic E-state index is 0. The summed E-state index contributed by atoms with van der Waals surface area (Å²) in [6.07, 6.45) is 2.02. The summed E-state index contributed by atoms with van der Waals surface area (Å²) < 4.78 is 18.9. The zero-order valence-electron chi connectivity index (χ0n) is 10.3. The first-order chi connectivity index (χ1) is 8.66. The number of hydrogen-bond donors (Lipinski definition) is 1. The Labute approximate surface area is 116 Å². The Kier molecular flexibility index (Phi) is 5.98. The molecule has 7 heteroatoms. The Bertz CT molecular complexity index is 439. The molecule has 0 aliphatic carbocycles. The van der Waals surface area contributed by atoms with Gasteiger partial charge in [0.2, 0.25) is 0 Å². The number of hydrogen-bond acceptors (Lipinski definition) is 4. The van der Waals surface area contributed by atoms with Gasteiger partial charge in [0.1, 0.15) is 0 Å². The minimum atomic E-state index is -0.682. The number of piperidine rings is 1. The van der Waals surface area contributed by atoms with E-state index in [1.807, 2.05) is 0 Å². The zero-order valence-corrected chi connectivity index (χ0v) is 11.1. The normalized spacial score (nSPS) is 15.6. The lowest BCUT2D eigenvalue weighted by atomic mass is 9.99. The quantitative estimate of drug-likeness (QED) is 0.684. The van der Waals surface area contributed by atoms with Crippen molar-refractivity contribution in [3.05, 3.63) is 34.1 Å². The topological polar surface area (TPSA) is 64.4 Å². The van der Waals surface area contributed by atoms with Crippen LogP contribution < -0.4 is 10.1 Å². The van der Waals surface area contributed by atoms with Gasteiger partial charge in [0.05, 0.1) is 17.6 Å². The van der Waals surface area contributed by atoms with Gasteiger partial charge in [-0.2, -0.15) is 0 Å². The fourth-order valence-corrected chi connectivity index (χ4v) is 1.98. The van der Waals surface area contributed by atoms with Crippen molar-refractivity contribution >= 4 is 18.1 Å². The molecule has 0 radical (unpaired) electrons. The number of halogens is 2. The van der Waals surface area contributed by atoms with E-state index in [-0.39, 0.29) is 23.8 Å². The van der Waals surface area contributed by atoms with Crippen LogP contribution in [0.1, 0.15) is 12.8 Å². The number of benzene rings is 1. The first kappa shape index (κ1) is 15.7. The van der Waals surface area contributed by atoms with Gasteiger partial charge in [0.15, 0.2) is 11.6 Å². The van der Waals surface area contributed by atoms with Crippen molar-refractivity contribution in [3.63, 3.8) is 0 Å². The van der Waals surface area contributed by atoms with Crippen LogP contribution in [0.15, 0.2) is 18.2 Å². The van der Waals surface area contributed by atoms with E-state index in [4.69, 9.17) is 4.74 Å². The monoisotopic (exact) mass is 290 g/mol. The van der Waals surface area contributed by atoms with Crippen molar-refractivity contribution in [2.75, 3.05) is 19.7 Å². The molecule has 1 aliphatic rings. The third kappa shape index (κ3) is 4.33. The van der Waals surface area contributed by atoms with Crippen LogP contribution >= 0.6 is 12.4 Å². The molecule has 1 heterocycles. The van der Waals surface area contributed by atoms with Crippen molar-refractivity contribution in [2.45, 2.75) is 12.8 Å². The highest BCUT2D eigenvalue weighted by Gasteiger charge is 2.16. The molecule has 2 rings (SSSR count). The SMILES string of the molecule is Cl.O=[N+]([O-])c1ccc(OCC2CCNCC2)c(F)c1. The highest BCUT2D eigenvalue weighted by Crippen LogP contribution is 2.23. The van der Waals surface area contributed by atoms with Crippen LogP contribution in [-0.2, 0) is 0 Å². The van der Waals surface area contributed by atoms with Crippen LogP contribution in [0.25, 0.3) is 0 Å². The van der Waals surface area contributed by atoms with Gasteiger partial charge in [-0.25, -0.2) is 4.39 Å². The molecule has 0 bridgehead atoms. The van der Waals surface area contributed by atoms with E-state index in [1.165, 1.54) is 12.1 Å². The summed E-state index contributed by atoms with van der Waals surface area (Å²) >= 11 is 0. The number of non-ortho nitro benzene ring substituents is 1. The molecule has 106 valence electrons. The molecule has 0 saturated carbocycles. The lowest BCUT2D eigenvalue weighted by Gasteiger charge is -2.22. The summed E-state index contributed by atoms with van der Waals surface area (Å²) in [4.78, 5) is 9.84. The van der Waals surface area contributed by atoms with Gasteiger partial charge in [-0.3, -0.25) is 10.1 Å². The molecule has 0 spiro atoms. The molecular formula is C12H16ClFN2O3. The van der Waals surface area contributed by atoms with Crippen molar-refractivity contribution in [1.29, 1.82) is 0 Å². The number of nitrogens with one attached hydrogen (secondary N) is 1. The summed E-state index contributed by atoms with van der Waals surface area (Å²) in [6, 6.07) is 3.45. The first-order valence-electron chi connectivity index (χ1n) is 5.94. The van der Waals surface area contributed by atoms with Crippen LogP contribution in [0.4, 0.5) is 10.1 Å². The van der Waals surface area contributed by atoms with Gasteiger partial charge >= 0.3 is 0 Å². The van der Waals surface area contributed by atoms with E-state index < -0.39 is 10.7 Å². The largest absolute Gasteiger partial charge is 0.490 e. The predicted molar refractivity (Wildman–Crippen MR) is 71.4 cm³/mol. The molecule has 0 atom stereocenters. The molecule has 1 saturated heterocycles. The lowest BCUT2D eigenvalue weighted by Crippen LogP contribution is -2.30. The molecule has 1 aromatic rings. The van der Waals surface area contributed by atoms with E-state index in [9.17, 15) is 14.5 Å². The first-order valence-corrected chi connectivity index (χ1v) is 5.94. The zero-order chi connectivity index (χ0) is 13.0. The summed E-state index contributed by atoms with van der Waals surface area (Å²) in [6.45, 7) is 2.37. The van der Waals surface area contributed by atoms with Gasteiger partial charge in [-0.15, -0.1) is 12.4 Å². The Hall–Kier alpha value is -1.40. The second-order valence-electron chi connectivity index (χ2n) is 4.38. The summed E-state index contributed by atoms with van der Waals surface area (Å²) in [5.41, 5.74) is -0.262. The predicted octanol–water partition coefficient (Wildman–Crippen LogP) is 2.53. The molecular weight excluding hydrogens is 275 g/mol. The van der Waals surface area contributed by atoms with Gasteiger partial charge in [0.25, 0.3) is 5.69 Å². The highest BCUT2D eigenvalue weighted by molar-refractivity contribution is 5.85. The Balaban J connectivity index is 0.00000180. The van der Waals surface area contributed by atoms with Gasteiger partial charge in [0, 0.05) is 6.07 Å². The maximum Gasteiger partial charge on any atom is 0.272 e. The molecule has 5 nitrogen and oxygen atoms in total.